The summed E-state index contributed by atoms with van der Waals surface area (Å²) in [6.45, 7) is 5.01. The molecule has 0 saturated carbocycles. The Balaban J connectivity index is 1.68. The summed E-state index contributed by atoms with van der Waals surface area (Å²) in [5, 5.41) is 4.39. The number of benzene rings is 2. The van der Waals surface area contributed by atoms with Gasteiger partial charge in [-0.15, -0.1) is 5.10 Å². The highest BCUT2D eigenvalue weighted by molar-refractivity contribution is 7.15. The zero-order valence-electron chi connectivity index (χ0n) is 16.9. The lowest BCUT2D eigenvalue weighted by Gasteiger charge is -2.09. The molecule has 8 heteroatoms. The third kappa shape index (κ3) is 3.86. The van der Waals surface area contributed by atoms with Crippen LogP contribution in [0.15, 0.2) is 47.3 Å². The average Bonchev–Trinajstić information content (AvgIpc) is 3.29. The molecular formula is C22H21N3O4S. The summed E-state index contributed by atoms with van der Waals surface area (Å²) < 4.78 is 18.3. The van der Waals surface area contributed by atoms with Crippen LogP contribution in [0.4, 0.5) is 0 Å². The Morgan fingerprint density at radius 2 is 1.80 bits per heavy atom. The van der Waals surface area contributed by atoms with Gasteiger partial charge in [-0.2, -0.15) is 9.50 Å². The molecule has 0 N–H and O–H groups in total. The summed E-state index contributed by atoms with van der Waals surface area (Å²) in [5.74, 6) is 2.59. The number of hydrogen-bond donors (Lipinski definition) is 0. The lowest BCUT2D eigenvalue weighted by molar-refractivity contribution is 0.311. The Hall–Kier alpha value is -3.39. The van der Waals surface area contributed by atoms with E-state index in [2.05, 4.69) is 10.1 Å². The molecule has 0 saturated heterocycles. The third-order valence-electron chi connectivity index (χ3n) is 4.39. The van der Waals surface area contributed by atoms with E-state index in [1.54, 1.807) is 13.2 Å². The monoisotopic (exact) mass is 423 g/mol. The standard InChI is InChI=1S/C22H21N3O4S/c1-4-28-16-9-7-15(8-10-16)20-23-22-25(24-20)21(26)19(30-22)13-14-6-11-17(29-5-2)18(12-14)27-3/h6-13H,4-5H2,1-3H3. The number of hydrogen-bond acceptors (Lipinski definition) is 7. The lowest BCUT2D eigenvalue weighted by atomic mass is 10.2. The minimum Gasteiger partial charge on any atom is -0.494 e. The molecule has 0 aliphatic rings. The van der Waals surface area contributed by atoms with Crippen LogP contribution in [0.2, 0.25) is 0 Å². The zero-order valence-corrected chi connectivity index (χ0v) is 17.7. The van der Waals surface area contributed by atoms with E-state index in [9.17, 15) is 4.79 Å². The lowest BCUT2D eigenvalue weighted by Crippen LogP contribution is -2.23. The smallest absolute Gasteiger partial charge is 0.291 e. The molecule has 154 valence electrons. The molecule has 30 heavy (non-hydrogen) atoms. The normalized spacial score (nSPS) is 11.8. The van der Waals surface area contributed by atoms with Gasteiger partial charge in [0.2, 0.25) is 4.96 Å². The van der Waals surface area contributed by atoms with Gasteiger partial charge < -0.3 is 14.2 Å². The fraction of sp³-hybridized carbons (Fsp3) is 0.227. The number of fused-ring (bicyclic) bond motifs is 1. The Kier molecular flexibility index (Phi) is 5.67. The summed E-state index contributed by atoms with van der Waals surface area (Å²) in [7, 11) is 1.59. The fourth-order valence-electron chi connectivity index (χ4n) is 3.02. The SMILES string of the molecule is CCOc1ccc(-c2nc3sc(=Cc4ccc(OCC)c(OC)c4)c(=O)n3n2)cc1. The first-order chi connectivity index (χ1) is 14.6. The number of methoxy groups -OCH3 is 1. The van der Waals surface area contributed by atoms with Crippen LogP contribution in [0, 0.1) is 0 Å². The summed E-state index contributed by atoms with van der Waals surface area (Å²) in [5.41, 5.74) is 1.46. The second kappa shape index (κ2) is 8.54. The molecule has 0 aliphatic heterocycles. The first kappa shape index (κ1) is 19.9. The number of aromatic nitrogens is 3. The molecular weight excluding hydrogens is 402 g/mol. The number of thiazole rings is 1. The van der Waals surface area contributed by atoms with Crippen molar-refractivity contribution in [1.29, 1.82) is 0 Å². The number of ether oxygens (including phenoxy) is 3. The minimum absolute atomic E-state index is 0.201. The maximum Gasteiger partial charge on any atom is 0.291 e. The van der Waals surface area contributed by atoms with Crippen LogP contribution in [-0.2, 0) is 0 Å². The van der Waals surface area contributed by atoms with Crippen LogP contribution in [0.1, 0.15) is 19.4 Å². The molecule has 0 fully saturated rings. The molecule has 0 bridgehead atoms. The van der Waals surface area contributed by atoms with E-state index in [4.69, 9.17) is 14.2 Å². The molecule has 0 atom stereocenters. The van der Waals surface area contributed by atoms with Crippen molar-refractivity contribution < 1.29 is 14.2 Å². The Morgan fingerprint density at radius 1 is 1.03 bits per heavy atom. The molecule has 0 amide bonds. The van der Waals surface area contributed by atoms with Crippen molar-refractivity contribution in [3.8, 4) is 28.6 Å². The molecule has 2 aromatic carbocycles. The summed E-state index contributed by atoms with van der Waals surface area (Å²) >= 11 is 1.30. The van der Waals surface area contributed by atoms with Crippen molar-refractivity contribution >= 4 is 22.4 Å². The van der Waals surface area contributed by atoms with Crippen molar-refractivity contribution in [2.45, 2.75) is 13.8 Å². The van der Waals surface area contributed by atoms with Gasteiger partial charge in [-0.05, 0) is 61.9 Å². The summed E-state index contributed by atoms with van der Waals surface area (Å²) in [6.07, 6.45) is 1.80. The van der Waals surface area contributed by atoms with Gasteiger partial charge >= 0.3 is 0 Å². The molecule has 7 nitrogen and oxygen atoms in total. The highest BCUT2D eigenvalue weighted by Gasteiger charge is 2.12. The molecule has 0 aliphatic carbocycles. The van der Waals surface area contributed by atoms with Crippen molar-refractivity contribution in [3.63, 3.8) is 0 Å². The van der Waals surface area contributed by atoms with Crippen molar-refractivity contribution in [1.82, 2.24) is 14.6 Å². The molecule has 4 rings (SSSR count). The first-order valence-electron chi connectivity index (χ1n) is 9.58. The highest BCUT2D eigenvalue weighted by atomic mass is 32.1. The minimum atomic E-state index is -0.201. The molecule has 4 aromatic rings. The Labute approximate surface area is 177 Å². The number of nitrogens with zero attached hydrogens (tertiary/aromatic N) is 3. The van der Waals surface area contributed by atoms with Gasteiger partial charge in [0.15, 0.2) is 17.3 Å². The topological polar surface area (TPSA) is 75.0 Å². The van der Waals surface area contributed by atoms with Gasteiger partial charge in [0.1, 0.15) is 5.75 Å². The second-order valence-electron chi connectivity index (χ2n) is 6.35. The highest BCUT2D eigenvalue weighted by Crippen LogP contribution is 2.28. The van der Waals surface area contributed by atoms with Crippen LogP contribution < -0.4 is 24.3 Å². The fourth-order valence-corrected chi connectivity index (χ4v) is 3.93. The van der Waals surface area contributed by atoms with Crippen molar-refractivity contribution in [2.75, 3.05) is 20.3 Å². The van der Waals surface area contributed by atoms with E-state index in [0.29, 0.717) is 40.0 Å². The maximum atomic E-state index is 12.8. The van der Waals surface area contributed by atoms with Gasteiger partial charge in [0.25, 0.3) is 5.56 Å². The Bertz CT molecular complexity index is 1280. The van der Waals surface area contributed by atoms with Crippen LogP contribution >= 0.6 is 11.3 Å². The van der Waals surface area contributed by atoms with Crippen LogP contribution in [0.3, 0.4) is 0 Å². The molecule has 2 heterocycles. The molecule has 0 spiro atoms. The molecule has 0 radical (unpaired) electrons. The van der Waals surface area contributed by atoms with Gasteiger partial charge in [0.05, 0.1) is 24.9 Å². The zero-order chi connectivity index (χ0) is 21.1. The number of rotatable bonds is 7. The van der Waals surface area contributed by atoms with Gasteiger partial charge in [-0.1, -0.05) is 17.4 Å². The van der Waals surface area contributed by atoms with Crippen LogP contribution in [0.5, 0.6) is 17.2 Å². The average molecular weight is 423 g/mol. The van der Waals surface area contributed by atoms with Crippen LogP contribution in [0.25, 0.3) is 22.4 Å². The van der Waals surface area contributed by atoms with Gasteiger partial charge in [0, 0.05) is 5.56 Å². The second-order valence-corrected chi connectivity index (χ2v) is 7.36. The van der Waals surface area contributed by atoms with Gasteiger partial charge in [-0.3, -0.25) is 4.79 Å². The summed E-state index contributed by atoms with van der Waals surface area (Å²) in [6, 6.07) is 13.1. The van der Waals surface area contributed by atoms with Crippen LogP contribution in [-0.4, -0.2) is 34.9 Å². The third-order valence-corrected chi connectivity index (χ3v) is 5.35. The predicted molar refractivity (Wildman–Crippen MR) is 117 cm³/mol. The maximum absolute atomic E-state index is 12.8. The Morgan fingerprint density at radius 3 is 2.47 bits per heavy atom. The largest absolute Gasteiger partial charge is 0.494 e. The van der Waals surface area contributed by atoms with E-state index in [1.807, 2.05) is 56.3 Å². The van der Waals surface area contributed by atoms with Crippen molar-refractivity contribution in [3.05, 3.63) is 62.9 Å². The van der Waals surface area contributed by atoms with E-state index in [1.165, 1.54) is 15.9 Å². The van der Waals surface area contributed by atoms with E-state index < -0.39 is 0 Å². The van der Waals surface area contributed by atoms with E-state index in [0.717, 1.165) is 16.9 Å². The quantitative estimate of drug-likeness (QED) is 0.455. The molecule has 0 unspecified atom stereocenters. The molecule has 2 aromatic heterocycles. The van der Waals surface area contributed by atoms with E-state index >= 15 is 0 Å². The van der Waals surface area contributed by atoms with Crippen molar-refractivity contribution in [2.24, 2.45) is 0 Å². The van der Waals surface area contributed by atoms with E-state index in [-0.39, 0.29) is 5.56 Å². The van der Waals surface area contributed by atoms with Gasteiger partial charge in [-0.25, -0.2) is 0 Å². The first-order valence-corrected chi connectivity index (χ1v) is 10.4. The summed E-state index contributed by atoms with van der Waals surface area (Å²) in [4.78, 5) is 17.9. The predicted octanol–water partition coefficient (Wildman–Crippen LogP) is 3.17.